The molecule has 0 bridgehead atoms. The first kappa shape index (κ1) is 22.6. The molecule has 4 heterocycles. The van der Waals surface area contributed by atoms with Crippen LogP contribution in [0, 0.1) is 18.7 Å². The van der Waals surface area contributed by atoms with Crippen molar-refractivity contribution in [3.63, 3.8) is 0 Å². The topological polar surface area (TPSA) is 121 Å². The van der Waals surface area contributed by atoms with Gasteiger partial charge in [0.25, 0.3) is 5.56 Å². The quantitative estimate of drug-likeness (QED) is 0.451. The molecule has 2 atom stereocenters. The van der Waals surface area contributed by atoms with E-state index in [9.17, 15) is 14.3 Å². The molecule has 2 aromatic carbocycles. The summed E-state index contributed by atoms with van der Waals surface area (Å²) in [5.41, 5.74) is 8.35. The molecule has 0 fully saturated rings. The van der Waals surface area contributed by atoms with Gasteiger partial charge in [-0.05, 0) is 48.2 Å². The van der Waals surface area contributed by atoms with E-state index in [-0.39, 0.29) is 23.7 Å². The van der Waals surface area contributed by atoms with Crippen molar-refractivity contribution in [2.75, 3.05) is 0 Å². The van der Waals surface area contributed by atoms with E-state index in [0.29, 0.717) is 28.2 Å². The van der Waals surface area contributed by atoms with Crippen molar-refractivity contribution >= 4 is 28.7 Å². The van der Waals surface area contributed by atoms with Crippen molar-refractivity contribution in [3.05, 3.63) is 99.9 Å². The lowest BCUT2D eigenvalue weighted by atomic mass is 9.93. The van der Waals surface area contributed by atoms with Crippen LogP contribution in [0.1, 0.15) is 16.8 Å². The van der Waals surface area contributed by atoms with Crippen LogP contribution in [0.2, 0.25) is 0 Å². The van der Waals surface area contributed by atoms with Crippen molar-refractivity contribution in [2.45, 2.75) is 19.6 Å². The molecule has 2 aliphatic heterocycles. The molecule has 0 radical (unpaired) electrons. The van der Waals surface area contributed by atoms with Gasteiger partial charge in [-0.1, -0.05) is 24.3 Å². The fraction of sp³-hybridized carbons (Fsp3) is 0.148. The van der Waals surface area contributed by atoms with E-state index in [2.05, 4.69) is 15.0 Å². The van der Waals surface area contributed by atoms with Gasteiger partial charge < -0.3 is 10.8 Å². The molecule has 184 valence electrons. The lowest BCUT2D eigenvalue weighted by molar-refractivity contribution is 0.210. The fourth-order valence-corrected chi connectivity index (χ4v) is 4.90. The number of halogens is 1. The second-order valence-electron chi connectivity index (χ2n) is 9.00. The zero-order valence-corrected chi connectivity index (χ0v) is 19.8. The molecule has 2 unspecified atom stereocenters. The van der Waals surface area contributed by atoms with Gasteiger partial charge in [0.1, 0.15) is 35.5 Å². The smallest absolute Gasteiger partial charge is 0.264 e. The number of rotatable bonds is 4. The molecule has 9 nitrogen and oxygen atoms in total. The summed E-state index contributed by atoms with van der Waals surface area (Å²) in [7, 11) is 0. The molecule has 0 amide bonds. The number of hydrogen-bond donors (Lipinski definition) is 2. The highest BCUT2D eigenvalue weighted by Gasteiger charge is 2.42. The van der Waals surface area contributed by atoms with Crippen LogP contribution < -0.4 is 11.3 Å². The number of nitrogens with zero attached hydrogens (tertiary/aromatic N) is 6. The highest BCUT2D eigenvalue weighted by molar-refractivity contribution is 6.17. The first-order valence-electron chi connectivity index (χ1n) is 11.7. The van der Waals surface area contributed by atoms with Gasteiger partial charge in [-0.25, -0.2) is 19.4 Å². The molecule has 4 aromatic rings. The van der Waals surface area contributed by atoms with Gasteiger partial charge in [0.15, 0.2) is 6.17 Å². The Kier molecular flexibility index (Phi) is 5.29. The van der Waals surface area contributed by atoms with Crippen molar-refractivity contribution < 1.29 is 9.50 Å². The lowest BCUT2D eigenvalue weighted by Gasteiger charge is -2.27. The number of fused-ring (bicyclic) bond motifs is 2. The first-order chi connectivity index (χ1) is 17.9. The average molecular weight is 496 g/mol. The maximum Gasteiger partial charge on any atom is 0.264 e. The summed E-state index contributed by atoms with van der Waals surface area (Å²) >= 11 is 0. The van der Waals surface area contributed by atoms with Crippen molar-refractivity contribution in [1.29, 1.82) is 0 Å². The minimum Gasteiger partial charge on any atom is -0.508 e. The molecule has 0 saturated heterocycles. The molecule has 0 aliphatic carbocycles. The van der Waals surface area contributed by atoms with E-state index in [1.165, 1.54) is 18.5 Å². The Labute approximate surface area is 210 Å². The highest BCUT2D eigenvalue weighted by Crippen LogP contribution is 2.32. The number of phenols is 1. The molecule has 3 N–H and O–H groups in total. The number of aliphatic imine (C=N–C) groups is 2. The number of benzene rings is 2. The van der Waals surface area contributed by atoms with E-state index in [4.69, 9.17) is 10.8 Å². The Bertz CT molecular complexity index is 1690. The summed E-state index contributed by atoms with van der Waals surface area (Å²) < 4.78 is 15.7. The normalized spacial score (nSPS) is 18.6. The van der Waals surface area contributed by atoms with Crippen LogP contribution in [0.4, 0.5) is 4.39 Å². The van der Waals surface area contributed by atoms with Crippen LogP contribution in [0.15, 0.2) is 86.7 Å². The van der Waals surface area contributed by atoms with Gasteiger partial charge in [0, 0.05) is 28.9 Å². The lowest BCUT2D eigenvalue weighted by Crippen LogP contribution is -2.42. The maximum atomic E-state index is 14.2. The van der Waals surface area contributed by atoms with Gasteiger partial charge >= 0.3 is 0 Å². The number of pyridine rings is 2. The molecule has 6 rings (SSSR count). The fourth-order valence-electron chi connectivity index (χ4n) is 4.90. The number of aryl methyl sites for hydroxylation is 1. The predicted molar refractivity (Wildman–Crippen MR) is 140 cm³/mol. The Balaban J connectivity index is 1.52. The van der Waals surface area contributed by atoms with Crippen molar-refractivity contribution in [3.8, 4) is 11.6 Å². The monoisotopic (exact) mass is 495 g/mol. The second-order valence-corrected chi connectivity index (χ2v) is 9.00. The summed E-state index contributed by atoms with van der Waals surface area (Å²) in [5, 5.41) is 17.8. The molecule has 10 heteroatoms. The van der Waals surface area contributed by atoms with Crippen LogP contribution in [-0.4, -0.2) is 43.7 Å². The standard InChI is InChI=1S/C27H22FN7O2/c1-15-5-4-8-30-25(15)35-19(10-16-6-2-3-7-21(16)27(35)37)13-34-26-22(24(29)31-14-32-26)23(33-34)17-9-18(28)12-20(36)11-17/h2-12,14,22,26,36H,13H2,1H3,(H2,29,31,32). The molecule has 0 saturated carbocycles. The third-order valence-electron chi connectivity index (χ3n) is 6.58. The minimum absolute atomic E-state index is 0.187. The van der Waals surface area contributed by atoms with Crippen molar-refractivity contribution in [2.24, 2.45) is 26.7 Å². The molecule has 0 spiro atoms. The zero-order chi connectivity index (χ0) is 25.7. The molecule has 2 aromatic heterocycles. The van der Waals surface area contributed by atoms with Crippen LogP contribution in [0.3, 0.4) is 0 Å². The molecule has 37 heavy (non-hydrogen) atoms. The Hall–Kier alpha value is -4.86. The SMILES string of the molecule is Cc1cccnc1-n1c(CN2N=C(c3cc(O)cc(F)c3)C3C(N)=NC=NC32)cc2ccccc2c1=O. The third-order valence-corrected chi connectivity index (χ3v) is 6.58. The van der Waals surface area contributed by atoms with Crippen LogP contribution in [-0.2, 0) is 6.54 Å². The van der Waals surface area contributed by atoms with E-state index in [0.717, 1.165) is 17.0 Å². The Morgan fingerprint density at radius 3 is 2.76 bits per heavy atom. The van der Waals surface area contributed by atoms with E-state index in [1.54, 1.807) is 21.8 Å². The van der Waals surface area contributed by atoms with E-state index < -0.39 is 17.9 Å². The predicted octanol–water partition coefficient (Wildman–Crippen LogP) is 3.10. The van der Waals surface area contributed by atoms with Crippen LogP contribution >= 0.6 is 0 Å². The van der Waals surface area contributed by atoms with Crippen LogP contribution in [0.25, 0.3) is 16.6 Å². The highest BCUT2D eigenvalue weighted by atomic mass is 19.1. The van der Waals surface area contributed by atoms with Gasteiger partial charge in [0.2, 0.25) is 0 Å². The molecule has 2 aliphatic rings. The minimum atomic E-state index is -0.600. The Morgan fingerprint density at radius 1 is 1.11 bits per heavy atom. The summed E-state index contributed by atoms with van der Waals surface area (Å²) in [6.45, 7) is 2.08. The molecular weight excluding hydrogens is 473 g/mol. The van der Waals surface area contributed by atoms with Gasteiger partial charge in [0.05, 0.1) is 12.3 Å². The summed E-state index contributed by atoms with van der Waals surface area (Å²) in [5.74, 6) is -0.575. The number of phenolic OH excluding ortho intramolecular Hbond substituents is 1. The van der Waals surface area contributed by atoms with E-state index >= 15 is 0 Å². The summed E-state index contributed by atoms with van der Waals surface area (Å²) in [4.78, 5) is 26.8. The second kappa shape index (κ2) is 8.66. The average Bonchev–Trinajstić information content (AvgIpc) is 3.24. The maximum absolute atomic E-state index is 14.2. The van der Waals surface area contributed by atoms with Crippen molar-refractivity contribution in [1.82, 2.24) is 14.6 Å². The zero-order valence-electron chi connectivity index (χ0n) is 19.8. The number of hydrogen-bond acceptors (Lipinski definition) is 8. The van der Waals surface area contributed by atoms with Crippen LogP contribution in [0.5, 0.6) is 5.75 Å². The number of amidine groups is 1. The number of hydrazone groups is 1. The van der Waals surface area contributed by atoms with Gasteiger partial charge in [-0.2, -0.15) is 5.10 Å². The first-order valence-corrected chi connectivity index (χ1v) is 11.7. The van der Waals surface area contributed by atoms with Gasteiger partial charge in [-0.3, -0.25) is 14.4 Å². The summed E-state index contributed by atoms with van der Waals surface area (Å²) in [6, 6.07) is 16.8. The number of aromatic hydroxyl groups is 1. The third kappa shape index (κ3) is 3.83. The van der Waals surface area contributed by atoms with E-state index in [1.807, 2.05) is 43.3 Å². The summed E-state index contributed by atoms with van der Waals surface area (Å²) in [6.07, 6.45) is 2.47. The molecular formula is C27H22FN7O2. The number of nitrogens with two attached hydrogens (primary N) is 1. The Morgan fingerprint density at radius 2 is 1.95 bits per heavy atom. The van der Waals surface area contributed by atoms with Gasteiger partial charge in [-0.15, -0.1) is 0 Å². The number of aromatic nitrogens is 2. The largest absolute Gasteiger partial charge is 0.508 e.